The van der Waals surface area contributed by atoms with Crippen molar-refractivity contribution in [3.63, 3.8) is 0 Å². The standard InChI is InChI=1S/C61H108O16P2/c1-4-7-10-13-16-19-22-23-24-25-26-27-28-29-30-31-34-36-38-41-44-47-59(64)71-50-56(62)51-73-78(67,68)74-52-57(63)53-75-79(69,70)76-55-58(77-61(66)49-46-43-40-37-33-21-18-15-12-9-6-3)54-72-60(65)48-45-42-39-35-32-20-17-14-11-8-5-2/h7,10,16,19,23-24,26-27,29-30,34,36,56-58,62-63H,4-6,8-9,11-15,17-18,20-22,25,28,31-33,35,37-55H2,1-3H3,(H,67,68)(H,69,70)/b10-7-,19-16-,24-23-,27-26-,30-29-,36-34-. The first-order valence-corrected chi connectivity index (χ1v) is 33.2. The summed E-state index contributed by atoms with van der Waals surface area (Å²) in [4.78, 5) is 57.9. The Morgan fingerprint density at radius 2 is 0.671 bits per heavy atom. The van der Waals surface area contributed by atoms with Crippen LogP contribution >= 0.6 is 15.6 Å². The second-order valence-electron chi connectivity index (χ2n) is 20.1. The summed E-state index contributed by atoms with van der Waals surface area (Å²) in [5, 5.41) is 20.4. The molecular weight excluding hydrogens is 1050 g/mol. The van der Waals surface area contributed by atoms with Crippen LogP contribution in [0.1, 0.15) is 239 Å². The fraction of sp³-hybridized carbons (Fsp3) is 0.754. The smallest absolute Gasteiger partial charge is 0.463 e. The molecular formula is C61H108O16P2. The number of esters is 3. The lowest BCUT2D eigenvalue weighted by atomic mass is 10.1. The molecule has 0 saturated heterocycles. The van der Waals surface area contributed by atoms with Crippen LogP contribution in [0.5, 0.6) is 0 Å². The predicted molar refractivity (Wildman–Crippen MR) is 316 cm³/mol. The quantitative estimate of drug-likeness (QED) is 0.0146. The lowest BCUT2D eigenvalue weighted by Gasteiger charge is -2.21. The van der Waals surface area contributed by atoms with Crippen LogP contribution in [0.4, 0.5) is 0 Å². The van der Waals surface area contributed by atoms with Crippen LogP contribution in [0.2, 0.25) is 0 Å². The highest BCUT2D eigenvalue weighted by Crippen LogP contribution is 2.45. The van der Waals surface area contributed by atoms with Gasteiger partial charge in [-0.25, -0.2) is 9.13 Å². The molecule has 0 aliphatic carbocycles. The van der Waals surface area contributed by atoms with Gasteiger partial charge in [-0.05, 0) is 70.6 Å². The van der Waals surface area contributed by atoms with Gasteiger partial charge in [-0.15, -0.1) is 0 Å². The largest absolute Gasteiger partial charge is 0.472 e. The monoisotopic (exact) mass is 1160 g/mol. The van der Waals surface area contributed by atoms with Gasteiger partial charge in [-0.3, -0.25) is 32.5 Å². The molecule has 18 heteroatoms. The number of carbonyl (C=O) groups excluding carboxylic acids is 3. The van der Waals surface area contributed by atoms with Crippen LogP contribution in [-0.2, 0) is 55.8 Å². The SMILES string of the molecule is CC/C=C\C/C=C\C/C=C\C/C=C\C/C=C\C/C=C\CCCCC(=O)OCC(O)COP(=O)(O)OCC(O)COP(=O)(O)OCC(COC(=O)CCCCCCCCCCCCC)OC(=O)CCCCCCCCCCCCC. The summed E-state index contributed by atoms with van der Waals surface area (Å²) in [6.07, 6.45) is 54.1. The number of aliphatic hydroxyl groups is 2. The minimum Gasteiger partial charge on any atom is -0.463 e. The Morgan fingerprint density at radius 1 is 0.367 bits per heavy atom. The van der Waals surface area contributed by atoms with Crippen molar-refractivity contribution in [2.24, 2.45) is 0 Å². The average molecular weight is 1160 g/mol. The highest BCUT2D eigenvalue weighted by Gasteiger charge is 2.29. The van der Waals surface area contributed by atoms with Crippen molar-refractivity contribution >= 4 is 33.6 Å². The van der Waals surface area contributed by atoms with E-state index in [0.29, 0.717) is 19.3 Å². The lowest BCUT2D eigenvalue weighted by molar-refractivity contribution is -0.161. The Balaban J connectivity index is 4.58. The topological polar surface area (TPSA) is 231 Å². The molecule has 0 aliphatic heterocycles. The third-order valence-electron chi connectivity index (χ3n) is 12.4. The molecule has 0 bridgehead atoms. The number of carbonyl (C=O) groups is 3. The van der Waals surface area contributed by atoms with E-state index in [4.69, 9.17) is 32.3 Å². The molecule has 0 aliphatic rings. The zero-order valence-electron chi connectivity index (χ0n) is 49.0. The number of phosphoric acid groups is 2. The van der Waals surface area contributed by atoms with Crippen LogP contribution in [0.15, 0.2) is 72.9 Å². The average Bonchev–Trinajstić information content (AvgIpc) is 3.42. The molecule has 0 heterocycles. The second kappa shape index (κ2) is 55.5. The Kier molecular flexibility index (Phi) is 53.4. The predicted octanol–water partition coefficient (Wildman–Crippen LogP) is 15.6. The van der Waals surface area contributed by atoms with Crippen molar-refractivity contribution in [3.8, 4) is 0 Å². The van der Waals surface area contributed by atoms with Gasteiger partial charge < -0.3 is 34.2 Å². The van der Waals surface area contributed by atoms with Gasteiger partial charge >= 0.3 is 33.6 Å². The molecule has 0 saturated carbocycles. The van der Waals surface area contributed by atoms with Crippen LogP contribution in [-0.4, -0.2) is 95.9 Å². The molecule has 0 rings (SSSR count). The van der Waals surface area contributed by atoms with Crippen LogP contribution in [0.25, 0.3) is 0 Å². The van der Waals surface area contributed by atoms with Crippen molar-refractivity contribution in [2.75, 3.05) is 39.6 Å². The summed E-state index contributed by atoms with van der Waals surface area (Å²) in [6.45, 7) is 2.47. The van der Waals surface area contributed by atoms with E-state index >= 15 is 0 Å². The van der Waals surface area contributed by atoms with Gasteiger partial charge in [0.05, 0.1) is 26.4 Å². The van der Waals surface area contributed by atoms with Crippen LogP contribution < -0.4 is 0 Å². The number of allylic oxidation sites excluding steroid dienone is 12. The van der Waals surface area contributed by atoms with E-state index in [1.54, 1.807) is 0 Å². The van der Waals surface area contributed by atoms with Gasteiger partial charge in [-0.2, -0.15) is 0 Å². The van der Waals surface area contributed by atoms with E-state index in [-0.39, 0.29) is 19.3 Å². The Hall–Kier alpha value is -3.01. The van der Waals surface area contributed by atoms with E-state index in [2.05, 4.69) is 93.7 Å². The minimum absolute atomic E-state index is 0.109. The first kappa shape index (κ1) is 76.0. The fourth-order valence-corrected chi connectivity index (χ4v) is 9.39. The lowest BCUT2D eigenvalue weighted by Crippen LogP contribution is -2.30. The summed E-state index contributed by atoms with van der Waals surface area (Å²) >= 11 is 0. The number of ether oxygens (including phenoxy) is 3. The summed E-state index contributed by atoms with van der Waals surface area (Å²) in [7, 11) is -9.76. The molecule has 0 fully saturated rings. The minimum atomic E-state index is -4.91. The molecule has 16 nitrogen and oxygen atoms in total. The fourth-order valence-electron chi connectivity index (χ4n) is 7.81. The summed E-state index contributed by atoms with van der Waals surface area (Å²) < 4.78 is 60.5. The van der Waals surface area contributed by atoms with E-state index in [1.165, 1.54) is 83.5 Å². The number of hydrogen-bond donors (Lipinski definition) is 4. The second-order valence-corrected chi connectivity index (χ2v) is 23.0. The number of aliphatic hydroxyl groups excluding tert-OH is 2. The highest BCUT2D eigenvalue weighted by atomic mass is 31.2. The van der Waals surface area contributed by atoms with Gasteiger partial charge in [0.1, 0.15) is 25.4 Å². The Bertz CT molecular complexity index is 1750. The number of hydrogen-bond acceptors (Lipinski definition) is 14. The summed E-state index contributed by atoms with van der Waals surface area (Å²) in [6, 6.07) is 0. The van der Waals surface area contributed by atoms with Gasteiger partial charge in [-0.1, -0.05) is 222 Å². The van der Waals surface area contributed by atoms with E-state index < -0.39 is 91.5 Å². The molecule has 5 unspecified atom stereocenters. The van der Waals surface area contributed by atoms with E-state index in [1.807, 2.05) is 0 Å². The van der Waals surface area contributed by atoms with Crippen LogP contribution in [0.3, 0.4) is 0 Å². The normalized spacial score (nSPS) is 15.0. The van der Waals surface area contributed by atoms with Gasteiger partial charge in [0.25, 0.3) is 0 Å². The maximum absolute atomic E-state index is 12.8. The van der Waals surface area contributed by atoms with Crippen LogP contribution in [0, 0.1) is 0 Å². The van der Waals surface area contributed by atoms with Gasteiger partial charge in [0.2, 0.25) is 0 Å². The van der Waals surface area contributed by atoms with Crippen molar-refractivity contribution in [3.05, 3.63) is 72.9 Å². The first-order chi connectivity index (χ1) is 38.2. The van der Waals surface area contributed by atoms with Crippen molar-refractivity contribution in [2.45, 2.75) is 257 Å². The Morgan fingerprint density at radius 3 is 1.06 bits per heavy atom. The maximum Gasteiger partial charge on any atom is 0.472 e. The Labute approximate surface area is 477 Å². The molecule has 458 valence electrons. The summed E-state index contributed by atoms with van der Waals surface area (Å²) in [5.41, 5.74) is 0. The molecule has 0 aromatic heterocycles. The highest BCUT2D eigenvalue weighted by molar-refractivity contribution is 7.47. The molecule has 79 heavy (non-hydrogen) atoms. The molecule has 0 amide bonds. The van der Waals surface area contributed by atoms with Gasteiger partial charge in [0.15, 0.2) is 6.10 Å². The van der Waals surface area contributed by atoms with E-state index in [9.17, 15) is 43.5 Å². The van der Waals surface area contributed by atoms with E-state index in [0.717, 1.165) is 96.3 Å². The molecule has 4 N–H and O–H groups in total. The molecule has 5 atom stereocenters. The molecule has 0 spiro atoms. The zero-order valence-corrected chi connectivity index (χ0v) is 50.8. The first-order valence-electron chi connectivity index (χ1n) is 30.2. The molecule has 0 aromatic carbocycles. The van der Waals surface area contributed by atoms with Crippen molar-refractivity contribution < 1.29 is 75.8 Å². The van der Waals surface area contributed by atoms with Gasteiger partial charge in [0, 0.05) is 19.3 Å². The maximum atomic E-state index is 12.8. The zero-order chi connectivity index (χ0) is 58.2. The third-order valence-corrected chi connectivity index (χ3v) is 14.3. The number of unbranched alkanes of at least 4 members (excludes halogenated alkanes) is 22. The summed E-state index contributed by atoms with van der Waals surface area (Å²) in [5.74, 6) is -1.61. The van der Waals surface area contributed by atoms with Crippen molar-refractivity contribution in [1.29, 1.82) is 0 Å². The number of phosphoric ester groups is 2. The molecule has 0 aromatic rings. The number of rotatable bonds is 57. The third kappa shape index (κ3) is 56.6. The van der Waals surface area contributed by atoms with Crippen molar-refractivity contribution in [1.82, 2.24) is 0 Å². The molecule has 0 radical (unpaired) electrons.